The van der Waals surface area contributed by atoms with Gasteiger partial charge in [-0.05, 0) is 68.5 Å². The molecule has 6 nitrogen and oxygen atoms in total. The van der Waals surface area contributed by atoms with Crippen LogP contribution in [0.5, 0.6) is 5.75 Å². The van der Waals surface area contributed by atoms with Crippen molar-refractivity contribution in [2.45, 2.75) is 32.6 Å². The van der Waals surface area contributed by atoms with E-state index in [9.17, 15) is 4.79 Å². The molecule has 0 bridgehead atoms. The van der Waals surface area contributed by atoms with E-state index in [1.165, 1.54) is 11.1 Å². The standard InChI is InChI=1S/C27H30N4O2/c1-19-11-13-24-20(17-19)7-6-16-31(24)27(32)21-8-5-15-30(18-21)26-14-12-23(28-29-26)22-9-3-4-10-25(22)33-2/h3-4,9-14,17,21H,5-8,15-16,18H2,1-2H3. The molecular weight excluding hydrogens is 412 g/mol. The van der Waals surface area contributed by atoms with Gasteiger partial charge < -0.3 is 14.5 Å². The van der Waals surface area contributed by atoms with Crippen LogP contribution in [0.4, 0.5) is 11.5 Å². The van der Waals surface area contributed by atoms with Gasteiger partial charge in [0.25, 0.3) is 0 Å². The maximum Gasteiger partial charge on any atom is 0.231 e. The number of carbonyl (C=O) groups is 1. The van der Waals surface area contributed by atoms with Gasteiger partial charge in [-0.15, -0.1) is 10.2 Å². The van der Waals surface area contributed by atoms with Crippen LogP contribution < -0.4 is 14.5 Å². The van der Waals surface area contributed by atoms with Crippen LogP contribution >= 0.6 is 0 Å². The molecule has 0 N–H and O–H groups in total. The highest BCUT2D eigenvalue weighted by Gasteiger charge is 2.32. The van der Waals surface area contributed by atoms with Gasteiger partial charge in [0.1, 0.15) is 5.75 Å². The third-order valence-electron chi connectivity index (χ3n) is 6.75. The Morgan fingerprint density at radius 3 is 2.73 bits per heavy atom. The minimum atomic E-state index is -0.0262. The lowest BCUT2D eigenvalue weighted by molar-refractivity contribution is -0.122. The molecule has 5 rings (SSSR count). The number of benzene rings is 2. The maximum absolute atomic E-state index is 13.5. The van der Waals surface area contributed by atoms with Gasteiger partial charge in [-0.3, -0.25) is 4.79 Å². The molecule has 0 spiro atoms. The molecule has 0 aliphatic carbocycles. The number of hydrogen-bond acceptors (Lipinski definition) is 5. The first-order valence-electron chi connectivity index (χ1n) is 11.8. The molecule has 1 unspecified atom stereocenters. The number of amides is 1. The normalized spacial score (nSPS) is 18.1. The zero-order valence-electron chi connectivity index (χ0n) is 19.3. The highest BCUT2D eigenvalue weighted by atomic mass is 16.5. The molecule has 1 aromatic heterocycles. The van der Waals surface area contributed by atoms with Crippen LogP contribution in [0.2, 0.25) is 0 Å². The Morgan fingerprint density at radius 1 is 1.03 bits per heavy atom. The van der Waals surface area contributed by atoms with Gasteiger partial charge in [0, 0.05) is 30.9 Å². The summed E-state index contributed by atoms with van der Waals surface area (Å²) in [6, 6.07) is 18.2. The second kappa shape index (κ2) is 9.22. The highest BCUT2D eigenvalue weighted by Crippen LogP contribution is 2.32. The minimum absolute atomic E-state index is 0.0262. The number of methoxy groups -OCH3 is 1. The van der Waals surface area contributed by atoms with Gasteiger partial charge in [0.15, 0.2) is 5.82 Å². The van der Waals surface area contributed by atoms with Crippen LogP contribution in [0.25, 0.3) is 11.3 Å². The number of anilines is 2. The number of rotatable bonds is 4. The van der Waals surface area contributed by atoms with Crippen LogP contribution in [0.3, 0.4) is 0 Å². The first kappa shape index (κ1) is 21.4. The smallest absolute Gasteiger partial charge is 0.231 e. The fraction of sp³-hybridized carbons (Fsp3) is 0.370. The molecule has 6 heteroatoms. The zero-order chi connectivity index (χ0) is 22.8. The Morgan fingerprint density at radius 2 is 1.91 bits per heavy atom. The summed E-state index contributed by atoms with van der Waals surface area (Å²) in [4.78, 5) is 17.8. The Hall–Kier alpha value is -3.41. The number of piperidine rings is 1. The van der Waals surface area contributed by atoms with Crippen molar-refractivity contribution in [1.29, 1.82) is 0 Å². The summed E-state index contributed by atoms with van der Waals surface area (Å²) >= 11 is 0. The van der Waals surface area contributed by atoms with E-state index < -0.39 is 0 Å². The van der Waals surface area contributed by atoms with Crippen LogP contribution in [0.1, 0.15) is 30.4 Å². The predicted molar refractivity (Wildman–Crippen MR) is 131 cm³/mol. The molecule has 2 aliphatic rings. The van der Waals surface area contributed by atoms with Crippen molar-refractivity contribution < 1.29 is 9.53 Å². The molecule has 3 aromatic rings. The summed E-state index contributed by atoms with van der Waals surface area (Å²) in [5.74, 6) is 1.81. The SMILES string of the molecule is COc1ccccc1-c1ccc(N2CCCC(C(=O)N3CCCc4cc(C)ccc43)C2)nn1. The molecule has 1 atom stereocenters. The lowest BCUT2D eigenvalue weighted by Gasteiger charge is -2.37. The van der Waals surface area contributed by atoms with Crippen molar-refractivity contribution in [2.75, 3.05) is 36.5 Å². The number of fused-ring (bicyclic) bond motifs is 1. The number of ether oxygens (including phenoxy) is 1. The summed E-state index contributed by atoms with van der Waals surface area (Å²) < 4.78 is 5.46. The molecule has 33 heavy (non-hydrogen) atoms. The monoisotopic (exact) mass is 442 g/mol. The van der Waals surface area contributed by atoms with Crippen LogP contribution in [-0.4, -0.2) is 42.8 Å². The van der Waals surface area contributed by atoms with E-state index in [1.54, 1.807) is 7.11 Å². The highest BCUT2D eigenvalue weighted by molar-refractivity contribution is 5.96. The largest absolute Gasteiger partial charge is 0.496 e. The molecule has 1 amide bonds. The van der Waals surface area contributed by atoms with E-state index in [0.717, 1.165) is 67.3 Å². The molecule has 1 saturated heterocycles. The Labute approximate surface area is 195 Å². The lowest BCUT2D eigenvalue weighted by atomic mass is 9.93. The van der Waals surface area contributed by atoms with Crippen LogP contribution in [0, 0.1) is 12.8 Å². The minimum Gasteiger partial charge on any atom is -0.496 e. The molecule has 1 fully saturated rings. The summed E-state index contributed by atoms with van der Waals surface area (Å²) in [7, 11) is 1.66. The average molecular weight is 443 g/mol. The molecule has 2 aromatic carbocycles. The molecule has 170 valence electrons. The van der Waals surface area contributed by atoms with E-state index in [4.69, 9.17) is 4.74 Å². The summed E-state index contributed by atoms with van der Waals surface area (Å²) in [5.41, 5.74) is 5.34. The molecular formula is C27H30N4O2. The van der Waals surface area contributed by atoms with Gasteiger partial charge in [-0.2, -0.15) is 0 Å². The number of hydrogen-bond donors (Lipinski definition) is 0. The molecule has 2 aliphatic heterocycles. The van der Waals surface area contributed by atoms with Gasteiger partial charge in [-0.25, -0.2) is 0 Å². The van der Waals surface area contributed by atoms with E-state index >= 15 is 0 Å². The number of aromatic nitrogens is 2. The Kier molecular flexibility index (Phi) is 5.99. The van der Waals surface area contributed by atoms with Crippen LogP contribution in [0.15, 0.2) is 54.6 Å². The first-order chi connectivity index (χ1) is 16.1. The van der Waals surface area contributed by atoms with Crippen LogP contribution in [-0.2, 0) is 11.2 Å². The van der Waals surface area contributed by atoms with Crippen molar-refractivity contribution in [2.24, 2.45) is 5.92 Å². The van der Waals surface area contributed by atoms with Gasteiger partial charge in [0.2, 0.25) is 5.91 Å². The predicted octanol–water partition coefficient (Wildman–Crippen LogP) is 4.66. The Bertz CT molecular complexity index is 1150. The summed E-state index contributed by atoms with van der Waals surface area (Å²) in [6.07, 6.45) is 3.96. The van der Waals surface area contributed by atoms with E-state index in [2.05, 4.69) is 40.2 Å². The Balaban J connectivity index is 1.32. The molecule has 0 saturated carbocycles. The third-order valence-corrected chi connectivity index (χ3v) is 6.75. The van der Waals surface area contributed by atoms with Crippen molar-refractivity contribution in [3.8, 4) is 17.0 Å². The van der Waals surface area contributed by atoms with Crippen molar-refractivity contribution in [1.82, 2.24) is 10.2 Å². The average Bonchev–Trinajstić information content (AvgIpc) is 2.88. The first-order valence-corrected chi connectivity index (χ1v) is 11.8. The van der Waals surface area contributed by atoms with Gasteiger partial charge in [0.05, 0.1) is 18.7 Å². The van der Waals surface area contributed by atoms with E-state index in [0.29, 0.717) is 6.54 Å². The lowest BCUT2D eigenvalue weighted by Crippen LogP contribution is -2.46. The topological polar surface area (TPSA) is 58.6 Å². The van der Waals surface area contributed by atoms with Gasteiger partial charge >= 0.3 is 0 Å². The van der Waals surface area contributed by atoms with Crippen molar-refractivity contribution in [3.63, 3.8) is 0 Å². The molecule has 3 heterocycles. The number of nitrogens with zero attached hydrogens (tertiary/aromatic N) is 4. The van der Waals surface area contributed by atoms with E-state index in [1.807, 2.05) is 41.3 Å². The zero-order valence-corrected chi connectivity index (χ0v) is 19.3. The fourth-order valence-corrected chi connectivity index (χ4v) is 5.06. The number of carbonyl (C=O) groups excluding carboxylic acids is 1. The summed E-state index contributed by atoms with van der Waals surface area (Å²) in [5, 5.41) is 8.97. The quantitative estimate of drug-likeness (QED) is 0.588. The van der Waals surface area contributed by atoms with Crippen molar-refractivity contribution >= 4 is 17.4 Å². The molecule has 0 radical (unpaired) electrons. The van der Waals surface area contributed by atoms with Crippen molar-refractivity contribution in [3.05, 3.63) is 65.7 Å². The fourth-order valence-electron chi connectivity index (χ4n) is 5.06. The maximum atomic E-state index is 13.5. The van der Waals surface area contributed by atoms with E-state index in [-0.39, 0.29) is 11.8 Å². The number of aryl methyl sites for hydroxylation is 2. The second-order valence-corrected chi connectivity index (χ2v) is 8.99. The second-order valence-electron chi connectivity index (χ2n) is 8.99. The van der Waals surface area contributed by atoms with Gasteiger partial charge in [-0.1, -0.05) is 29.8 Å². The third kappa shape index (κ3) is 4.30. The summed E-state index contributed by atoms with van der Waals surface area (Å²) in [6.45, 7) is 4.49. The number of para-hydroxylation sites is 1.